The van der Waals surface area contributed by atoms with E-state index in [0.29, 0.717) is 6.42 Å². The molecule has 1 unspecified atom stereocenters. The van der Waals surface area contributed by atoms with Gasteiger partial charge >= 0.3 is 0 Å². The highest BCUT2D eigenvalue weighted by molar-refractivity contribution is 5.73. The average Bonchev–Trinajstić information content (AvgIpc) is 2.55. The van der Waals surface area contributed by atoms with Gasteiger partial charge in [-0.1, -0.05) is 5.92 Å². The van der Waals surface area contributed by atoms with E-state index in [1.54, 1.807) is 12.5 Å². The summed E-state index contributed by atoms with van der Waals surface area (Å²) in [5.74, 6) is 2.37. The molecule has 13 heavy (non-hydrogen) atoms. The second-order valence-corrected chi connectivity index (χ2v) is 2.70. The van der Waals surface area contributed by atoms with Crippen molar-refractivity contribution in [2.24, 2.45) is 0 Å². The molecule has 1 rings (SSSR count). The maximum absolute atomic E-state index is 10.7. The van der Waals surface area contributed by atoms with Crippen LogP contribution in [0.2, 0.25) is 0 Å². The summed E-state index contributed by atoms with van der Waals surface area (Å²) in [7, 11) is 0. The smallest absolute Gasteiger partial charge is 0.217 e. The predicted octanol–water partition coefficient (Wildman–Crippen LogP) is 0.0901. The average molecular weight is 177 g/mol. The van der Waals surface area contributed by atoms with Crippen molar-refractivity contribution in [1.82, 2.24) is 15.3 Å². The summed E-state index contributed by atoms with van der Waals surface area (Å²) >= 11 is 0. The zero-order chi connectivity index (χ0) is 9.68. The van der Waals surface area contributed by atoms with Crippen molar-refractivity contribution in [2.75, 3.05) is 0 Å². The van der Waals surface area contributed by atoms with E-state index >= 15 is 0 Å². The number of nitrogens with zero attached hydrogens (tertiary/aromatic N) is 1. The number of imidazole rings is 1. The van der Waals surface area contributed by atoms with Crippen LogP contribution in [0.1, 0.15) is 12.6 Å². The Morgan fingerprint density at radius 1 is 1.92 bits per heavy atom. The Labute approximate surface area is 76.8 Å². The Morgan fingerprint density at radius 3 is 3.15 bits per heavy atom. The van der Waals surface area contributed by atoms with E-state index in [1.165, 1.54) is 6.92 Å². The lowest BCUT2D eigenvalue weighted by molar-refractivity contribution is -0.119. The van der Waals surface area contributed by atoms with E-state index in [4.69, 9.17) is 6.42 Å². The van der Waals surface area contributed by atoms with E-state index in [0.717, 1.165) is 5.69 Å². The van der Waals surface area contributed by atoms with Gasteiger partial charge in [-0.25, -0.2) is 4.98 Å². The Hall–Kier alpha value is -1.76. The zero-order valence-corrected chi connectivity index (χ0v) is 7.37. The van der Waals surface area contributed by atoms with Crippen LogP contribution in [-0.2, 0) is 11.2 Å². The quantitative estimate of drug-likeness (QED) is 0.643. The Balaban J connectivity index is 2.51. The number of H-pyrrole nitrogens is 1. The molecule has 68 valence electrons. The second-order valence-electron chi connectivity index (χ2n) is 2.70. The van der Waals surface area contributed by atoms with Gasteiger partial charge in [0.2, 0.25) is 5.91 Å². The molecule has 1 aromatic rings. The molecule has 0 saturated carbocycles. The topological polar surface area (TPSA) is 57.8 Å². The molecule has 1 aromatic heterocycles. The van der Waals surface area contributed by atoms with Crippen LogP contribution in [0.25, 0.3) is 0 Å². The number of hydrogen-bond acceptors (Lipinski definition) is 2. The highest BCUT2D eigenvalue weighted by Crippen LogP contribution is 1.96. The minimum absolute atomic E-state index is 0.123. The fourth-order valence-corrected chi connectivity index (χ4v) is 1.01. The number of carbonyl (C=O) groups excluding carboxylic acids is 1. The minimum Gasteiger partial charge on any atom is -0.348 e. The van der Waals surface area contributed by atoms with Crippen molar-refractivity contribution in [3.8, 4) is 12.3 Å². The van der Waals surface area contributed by atoms with E-state index in [-0.39, 0.29) is 11.9 Å². The van der Waals surface area contributed by atoms with E-state index in [9.17, 15) is 4.79 Å². The fraction of sp³-hybridized carbons (Fsp3) is 0.333. The van der Waals surface area contributed by atoms with Crippen molar-refractivity contribution >= 4 is 5.91 Å². The lowest BCUT2D eigenvalue weighted by Gasteiger charge is -2.09. The number of terminal acetylenes is 1. The molecular weight excluding hydrogens is 166 g/mol. The first-order valence-corrected chi connectivity index (χ1v) is 3.93. The highest BCUT2D eigenvalue weighted by Gasteiger charge is 2.07. The minimum atomic E-state index is -0.266. The summed E-state index contributed by atoms with van der Waals surface area (Å²) in [6.45, 7) is 1.44. The third-order valence-corrected chi connectivity index (χ3v) is 1.56. The summed E-state index contributed by atoms with van der Waals surface area (Å²) < 4.78 is 0. The first kappa shape index (κ1) is 9.33. The Kier molecular flexibility index (Phi) is 3.09. The van der Waals surface area contributed by atoms with E-state index in [1.807, 2.05) is 0 Å². The van der Waals surface area contributed by atoms with Crippen LogP contribution in [0, 0.1) is 12.3 Å². The third-order valence-electron chi connectivity index (χ3n) is 1.56. The fourth-order valence-electron chi connectivity index (χ4n) is 1.01. The zero-order valence-electron chi connectivity index (χ0n) is 7.37. The third kappa shape index (κ3) is 2.99. The van der Waals surface area contributed by atoms with Crippen LogP contribution in [0.3, 0.4) is 0 Å². The molecule has 0 saturated heterocycles. The SMILES string of the molecule is C#CC(Cc1cnc[nH]1)NC(C)=O. The molecule has 4 nitrogen and oxygen atoms in total. The van der Waals surface area contributed by atoms with Gasteiger partial charge in [-0.15, -0.1) is 6.42 Å². The van der Waals surface area contributed by atoms with Gasteiger partial charge in [-0.05, 0) is 0 Å². The lowest BCUT2D eigenvalue weighted by atomic mass is 10.2. The Bertz CT molecular complexity index is 310. The first-order chi connectivity index (χ1) is 6.22. The van der Waals surface area contributed by atoms with Crippen molar-refractivity contribution in [3.63, 3.8) is 0 Å². The van der Waals surface area contributed by atoms with Crippen LogP contribution in [-0.4, -0.2) is 21.9 Å². The first-order valence-electron chi connectivity index (χ1n) is 3.93. The molecule has 0 aliphatic heterocycles. The highest BCUT2D eigenvalue weighted by atomic mass is 16.1. The van der Waals surface area contributed by atoms with Crippen LogP contribution in [0.4, 0.5) is 0 Å². The summed E-state index contributed by atoms with van der Waals surface area (Å²) in [6.07, 6.45) is 9.08. The molecular formula is C9H11N3O. The Morgan fingerprint density at radius 2 is 2.69 bits per heavy atom. The van der Waals surface area contributed by atoms with Crippen LogP contribution < -0.4 is 5.32 Å². The van der Waals surface area contributed by atoms with Crippen LogP contribution in [0.15, 0.2) is 12.5 Å². The molecule has 0 radical (unpaired) electrons. The number of amides is 1. The molecule has 1 amide bonds. The molecule has 0 aromatic carbocycles. The maximum atomic E-state index is 10.7. The molecule has 0 fully saturated rings. The maximum Gasteiger partial charge on any atom is 0.217 e. The van der Waals surface area contributed by atoms with Gasteiger partial charge in [0.15, 0.2) is 0 Å². The summed E-state index contributed by atoms with van der Waals surface area (Å²) in [6, 6.07) is -0.266. The van der Waals surface area contributed by atoms with Crippen molar-refractivity contribution in [1.29, 1.82) is 0 Å². The summed E-state index contributed by atoms with van der Waals surface area (Å²) in [4.78, 5) is 17.5. The summed E-state index contributed by atoms with van der Waals surface area (Å²) in [5, 5.41) is 2.64. The number of aromatic nitrogens is 2. The predicted molar refractivity (Wildman–Crippen MR) is 48.7 cm³/mol. The molecule has 2 N–H and O–H groups in total. The van der Waals surface area contributed by atoms with E-state index < -0.39 is 0 Å². The van der Waals surface area contributed by atoms with Crippen molar-refractivity contribution < 1.29 is 4.79 Å². The van der Waals surface area contributed by atoms with E-state index in [2.05, 4.69) is 21.2 Å². The molecule has 0 bridgehead atoms. The summed E-state index contributed by atoms with van der Waals surface area (Å²) in [5.41, 5.74) is 0.914. The molecule has 1 atom stereocenters. The van der Waals surface area contributed by atoms with Gasteiger partial charge in [0, 0.05) is 25.2 Å². The largest absolute Gasteiger partial charge is 0.348 e. The lowest BCUT2D eigenvalue weighted by Crippen LogP contribution is -2.33. The van der Waals surface area contributed by atoms with Gasteiger partial charge in [0.25, 0.3) is 0 Å². The number of aromatic amines is 1. The monoisotopic (exact) mass is 177 g/mol. The van der Waals surface area contributed by atoms with Gasteiger partial charge in [-0.2, -0.15) is 0 Å². The second kappa shape index (κ2) is 4.31. The van der Waals surface area contributed by atoms with Gasteiger partial charge in [0.05, 0.1) is 12.4 Å². The van der Waals surface area contributed by atoms with Gasteiger partial charge in [0.1, 0.15) is 0 Å². The molecule has 1 heterocycles. The molecule has 0 spiro atoms. The van der Waals surface area contributed by atoms with Crippen molar-refractivity contribution in [2.45, 2.75) is 19.4 Å². The van der Waals surface area contributed by atoms with Gasteiger partial charge in [-0.3, -0.25) is 4.79 Å². The molecule has 4 heteroatoms. The number of hydrogen-bond donors (Lipinski definition) is 2. The normalized spacial score (nSPS) is 11.7. The standard InChI is InChI=1S/C9H11N3O/c1-3-8(12-7(2)13)4-9-5-10-6-11-9/h1,5-6,8H,4H2,2H3,(H,10,11)(H,12,13). The van der Waals surface area contributed by atoms with Gasteiger partial charge < -0.3 is 10.3 Å². The number of nitrogens with one attached hydrogen (secondary N) is 2. The molecule has 0 aliphatic carbocycles. The van der Waals surface area contributed by atoms with Crippen LogP contribution in [0.5, 0.6) is 0 Å². The number of carbonyl (C=O) groups is 1. The van der Waals surface area contributed by atoms with Crippen LogP contribution >= 0.6 is 0 Å². The number of rotatable bonds is 3. The van der Waals surface area contributed by atoms with Crippen molar-refractivity contribution in [3.05, 3.63) is 18.2 Å². The molecule has 0 aliphatic rings.